The molecule has 18 heavy (non-hydrogen) atoms. The van der Waals surface area contributed by atoms with Crippen LogP contribution in [0.25, 0.3) is 0 Å². The molecule has 0 spiro atoms. The molecular weight excluding hydrogens is 339 g/mol. The van der Waals surface area contributed by atoms with E-state index in [2.05, 4.69) is 39.8 Å². The first-order chi connectivity index (χ1) is 8.78. The summed E-state index contributed by atoms with van der Waals surface area (Å²) in [4.78, 5) is 4.18. The molecule has 0 unspecified atom stereocenters. The van der Waals surface area contributed by atoms with Crippen LogP contribution in [0.5, 0.6) is 11.5 Å². The molecule has 94 valence electrons. The second-order valence-electron chi connectivity index (χ2n) is 3.87. The van der Waals surface area contributed by atoms with E-state index in [1.165, 1.54) is 3.57 Å². The first-order valence-electron chi connectivity index (χ1n) is 5.86. The highest BCUT2D eigenvalue weighted by atomic mass is 127. The Bertz CT molecular complexity index is 499. The summed E-state index contributed by atoms with van der Waals surface area (Å²) in [6.45, 7) is 3.84. The van der Waals surface area contributed by atoms with Gasteiger partial charge in [0.05, 0.1) is 6.20 Å². The predicted molar refractivity (Wildman–Crippen MR) is 80.9 cm³/mol. The van der Waals surface area contributed by atoms with Crippen molar-refractivity contribution in [1.82, 2.24) is 10.3 Å². The summed E-state index contributed by atoms with van der Waals surface area (Å²) in [6, 6.07) is 9.96. The van der Waals surface area contributed by atoms with Gasteiger partial charge in [-0.2, -0.15) is 0 Å². The monoisotopic (exact) mass is 354 g/mol. The van der Waals surface area contributed by atoms with Gasteiger partial charge in [0.15, 0.2) is 0 Å². The number of aromatic nitrogens is 1. The van der Waals surface area contributed by atoms with E-state index in [1.807, 2.05) is 36.5 Å². The van der Waals surface area contributed by atoms with Crippen LogP contribution in [0.15, 0.2) is 42.7 Å². The number of benzene rings is 1. The fourth-order valence-corrected chi connectivity index (χ4v) is 1.88. The molecule has 4 heteroatoms. The molecule has 1 heterocycles. The van der Waals surface area contributed by atoms with Gasteiger partial charge in [-0.25, -0.2) is 0 Å². The number of pyridine rings is 1. The van der Waals surface area contributed by atoms with Crippen LogP contribution in [0.2, 0.25) is 0 Å². The summed E-state index contributed by atoms with van der Waals surface area (Å²) in [6.07, 6.45) is 3.58. The highest BCUT2D eigenvalue weighted by Gasteiger charge is 2.00. The van der Waals surface area contributed by atoms with Gasteiger partial charge in [-0.1, -0.05) is 6.92 Å². The van der Waals surface area contributed by atoms with Crippen molar-refractivity contribution >= 4 is 22.6 Å². The fraction of sp³-hybridized carbons (Fsp3) is 0.214. The topological polar surface area (TPSA) is 34.2 Å². The Kier molecular flexibility index (Phi) is 4.95. The fourth-order valence-electron chi connectivity index (χ4n) is 1.52. The van der Waals surface area contributed by atoms with E-state index in [-0.39, 0.29) is 0 Å². The molecule has 2 rings (SSSR count). The molecule has 0 aliphatic carbocycles. The Balaban J connectivity index is 2.06. The average Bonchev–Trinajstić information content (AvgIpc) is 2.40. The summed E-state index contributed by atoms with van der Waals surface area (Å²) < 4.78 is 6.95. The molecule has 0 saturated carbocycles. The van der Waals surface area contributed by atoms with Crippen LogP contribution in [0.1, 0.15) is 12.5 Å². The minimum atomic E-state index is 0.770. The van der Waals surface area contributed by atoms with Crippen molar-refractivity contribution in [1.29, 1.82) is 0 Å². The third-order valence-corrected chi connectivity index (χ3v) is 3.12. The Morgan fingerprint density at radius 2 is 1.94 bits per heavy atom. The lowest BCUT2D eigenvalue weighted by Crippen LogP contribution is -2.11. The lowest BCUT2D eigenvalue weighted by molar-refractivity contribution is 0.479. The molecule has 2 aromatic rings. The SMILES string of the molecule is CCNCc1cncc(Oc2ccc(I)cc2)c1. The molecule has 0 aliphatic rings. The molecule has 0 aliphatic heterocycles. The van der Waals surface area contributed by atoms with E-state index >= 15 is 0 Å². The van der Waals surface area contributed by atoms with Gasteiger partial charge in [-0.05, 0) is 65.0 Å². The molecule has 1 aromatic heterocycles. The number of ether oxygens (including phenoxy) is 1. The van der Waals surface area contributed by atoms with Crippen LogP contribution in [0.3, 0.4) is 0 Å². The molecule has 0 bridgehead atoms. The highest BCUT2D eigenvalue weighted by molar-refractivity contribution is 14.1. The van der Waals surface area contributed by atoms with E-state index in [0.29, 0.717) is 0 Å². The molecule has 1 aromatic carbocycles. The number of nitrogens with one attached hydrogen (secondary N) is 1. The van der Waals surface area contributed by atoms with Crippen LogP contribution < -0.4 is 10.1 Å². The molecule has 0 amide bonds. The van der Waals surface area contributed by atoms with Crippen molar-refractivity contribution < 1.29 is 4.74 Å². The normalized spacial score (nSPS) is 10.3. The second kappa shape index (κ2) is 6.70. The second-order valence-corrected chi connectivity index (χ2v) is 5.11. The maximum Gasteiger partial charge on any atom is 0.146 e. The molecule has 1 N–H and O–H groups in total. The molecule has 0 atom stereocenters. The van der Waals surface area contributed by atoms with Gasteiger partial charge < -0.3 is 10.1 Å². The number of hydrogen-bond acceptors (Lipinski definition) is 3. The number of hydrogen-bond donors (Lipinski definition) is 1. The third kappa shape index (κ3) is 3.96. The summed E-state index contributed by atoms with van der Waals surface area (Å²) in [7, 11) is 0. The number of rotatable bonds is 5. The molecule has 3 nitrogen and oxygen atoms in total. The first-order valence-corrected chi connectivity index (χ1v) is 6.94. The van der Waals surface area contributed by atoms with Crippen LogP contribution in [-0.2, 0) is 6.54 Å². The van der Waals surface area contributed by atoms with E-state index in [1.54, 1.807) is 6.20 Å². The molecule has 0 saturated heterocycles. The Morgan fingerprint density at radius 1 is 1.17 bits per heavy atom. The number of nitrogens with zero attached hydrogens (tertiary/aromatic N) is 1. The standard InChI is InChI=1S/C14H15IN2O/c1-2-16-8-11-7-14(10-17-9-11)18-13-5-3-12(15)4-6-13/h3-7,9-10,16H,2,8H2,1H3. The van der Waals surface area contributed by atoms with Crippen LogP contribution >= 0.6 is 22.6 Å². The van der Waals surface area contributed by atoms with E-state index in [4.69, 9.17) is 4.74 Å². The van der Waals surface area contributed by atoms with Gasteiger partial charge in [-0.15, -0.1) is 0 Å². The zero-order chi connectivity index (χ0) is 12.8. The van der Waals surface area contributed by atoms with Gasteiger partial charge >= 0.3 is 0 Å². The van der Waals surface area contributed by atoms with Crippen molar-refractivity contribution in [2.75, 3.05) is 6.54 Å². The smallest absolute Gasteiger partial charge is 0.146 e. The summed E-state index contributed by atoms with van der Waals surface area (Å²) >= 11 is 2.27. The zero-order valence-corrected chi connectivity index (χ0v) is 12.3. The number of halogens is 1. The van der Waals surface area contributed by atoms with Crippen LogP contribution in [-0.4, -0.2) is 11.5 Å². The van der Waals surface area contributed by atoms with Gasteiger partial charge in [0.1, 0.15) is 11.5 Å². The maximum atomic E-state index is 5.76. The zero-order valence-electron chi connectivity index (χ0n) is 10.2. The van der Waals surface area contributed by atoms with Crippen molar-refractivity contribution in [3.63, 3.8) is 0 Å². The highest BCUT2D eigenvalue weighted by Crippen LogP contribution is 2.22. The minimum absolute atomic E-state index is 0.770. The summed E-state index contributed by atoms with van der Waals surface area (Å²) in [5.74, 6) is 1.60. The Hall–Kier alpha value is -1.14. The van der Waals surface area contributed by atoms with Crippen LogP contribution in [0, 0.1) is 3.57 Å². The molecule has 0 radical (unpaired) electrons. The van der Waals surface area contributed by atoms with Crippen LogP contribution in [0.4, 0.5) is 0 Å². The van der Waals surface area contributed by atoms with Gasteiger partial charge in [0, 0.05) is 16.3 Å². The van der Waals surface area contributed by atoms with Crippen molar-refractivity contribution in [3.8, 4) is 11.5 Å². The van der Waals surface area contributed by atoms with Gasteiger partial charge in [0.2, 0.25) is 0 Å². The molecule has 0 fully saturated rings. The Labute approximate surface area is 121 Å². The third-order valence-electron chi connectivity index (χ3n) is 2.40. The quantitative estimate of drug-likeness (QED) is 0.834. The largest absolute Gasteiger partial charge is 0.456 e. The van der Waals surface area contributed by atoms with E-state index < -0.39 is 0 Å². The summed E-state index contributed by atoms with van der Waals surface area (Å²) in [5.41, 5.74) is 1.12. The lowest BCUT2D eigenvalue weighted by Gasteiger charge is -2.07. The van der Waals surface area contributed by atoms with Gasteiger partial charge in [-0.3, -0.25) is 4.98 Å². The lowest BCUT2D eigenvalue weighted by atomic mass is 10.2. The van der Waals surface area contributed by atoms with Gasteiger partial charge in [0.25, 0.3) is 0 Å². The van der Waals surface area contributed by atoms with E-state index in [9.17, 15) is 0 Å². The Morgan fingerprint density at radius 3 is 2.67 bits per heavy atom. The maximum absolute atomic E-state index is 5.76. The summed E-state index contributed by atoms with van der Waals surface area (Å²) in [5, 5.41) is 3.27. The first kappa shape index (κ1) is 13.3. The van der Waals surface area contributed by atoms with Crippen molar-refractivity contribution in [3.05, 3.63) is 51.9 Å². The van der Waals surface area contributed by atoms with Crippen molar-refractivity contribution in [2.45, 2.75) is 13.5 Å². The minimum Gasteiger partial charge on any atom is -0.456 e. The molecular formula is C14H15IN2O. The average molecular weight is 354 g/mol. The predicted octanol–water partition coefficient (Wildman–Crippen LogP) is 3.59. The van der Waals surface area contributed by atoms with E-state index in [0.717, 1.165) is 30.2 Å². The van der Waals surface area contributed by atoms with Crippen molar-refractivity contribution in [2.24, 2.45) is 0 Å².